The first-order valence-electron chi connectivity index (χ1n) is 1.85. The first-order chi connectivity index (χ1) is 3.42. The van der Waals surface area contributed by atoms with Gasteiger partial charge < -0.3 is 4.80 Å². The van der Waals surface area contributed by atoms with Crippen molar-refractivity contribution in [3.63, 3.8) is 0 Å². The molecule has 0 rings (SSSR count). The molecule has 0 aromatic rings. The highest BCUT2D eigenvalue weighted by atomic mass is 28.3. The van der Waals surface area contributed by atoms with Gasteiger partial charge in [-0.2, -0.15) is 13.2 Å². The monoisotopic (exact) mass is 142 g/mol. The van der Waals surface area contributed by atoms with E-state index < -0.39 is 20.9 Å². The summed E-state index contributed by atoms with van der Waals surface area (Å²) in [6.07, 6.45) is -1.38. The van der Waals surface area contributed by atoms with E-state index in [0.717, 1.165) is 0 Å². The summed E-state index contributed by atoms with van der Waals surface area (Å²) in [6, 6.07) is -1.13. The van der Waals surface area contributed by atoms with Crippen molar-refractivity contribution in [1.82, 2.24) is 0 Å². The summed E-state index contributed by atoms with van der Waals surface area (Å²) < 4.78 is 33.4. The van der Waals surface area contributed by atoms with Crippen LogP contribution in [-0.2, 0) is 0 Å². The molecule has 0 bridgehead atoms. The van der Waals surface area contributed by atoms with Gasteiger partial charge in [-0.25, -0.2) is 0 Å². The van der Waals surface area contributed by atoms with Gasteiger partial charge in [-0.05, 0) is 0 Å². The molecule has 1 nitrogen and oxygen atoms in total. The van der Waals surface area contributed by atoms with Gasteiger partial charge in [-0.3, -0.25) is 0 Å². The molecule has 5 heteroatoms. The molecule has 0 atom stereocenters. The second-order valence-corrected chi connectivity index (χ2v) is 2.84. The van der Waals surface area contributed by atoms with E-state index in [4.69, 9.17) is 4.80 Å². The van der Waals surface area contributed by atoms with E-state index in [9.17, 15) is 13.2 Å². The maximum absolute atomic E-state index is 11.1. The lowest BCUT2D eigenvalue weighted by atomic mass is 10.8. The van der Waals surface area contributed by atoms with Crippen LogP contribution in [0.15, 0.2) is 0 Å². The van der Waals surface area contributed by atoms with Crippen molar-refractivity contribution in [3.8, 4) is 0 Å². The number of hydrogen-bond donors (Lipinski definition) is 1. The molecule has 0 aliphatic heterocycles. The fourth-order valence-electron chi connectivity index (χ4n) is 0.231. The predicted molar refractivity (Wildman–Crippen MR) is 26.0 cm³/mol. The van der Waals surface area contributed by atoms with E-state index in [-0.39, 0.29) is 0 Å². The molecule has 0 aliphatic carbocycles. The lowest BCUT2D eigenvalue weighted by molar-refractivity contribution is -0.111. The molecule has 8 heavy (non-hydrogen) atoms. The molecular weight excluding hydrogens is 137 g/mol. The Labute approximate surface area is 46.1 Å². The second kappa shape index (κ2) is 2.30. The lowest BCUT2D eigenvalue weighted by Gasteiger charge is -2.00. The highest BCUT2D eigenvalue weighted by Gasteiger charge is 2.28. The van der Waals surface area contributed by atoms with Crippen molar-refractivity contribution in [2.75, 3.05) is 0 Å². The van der Waals surface area contributed by atoms with Crippen LogP contribution in [0.4, 0.5) is 13.2 Å². The van der Waals surface area contributed by atoms with Crippen molar-refractivity contribution in [1.29, 1.82) is 0 Å². The minimum absolute atomic E-state index is 1.13. The molecule has 0 saturated heterocycles. The van der Waals surface area contributed by atoms with Crippen LogP contribution in [0, 0.1) is 0 Å². The predicted octanol–water partition coefficient (Wildman–Crippen LogP) is 0.546. The molecule has 1 N–H and O–H groups in total. The first-order valence-corrected chi connectivity index (χ1v) is 3.71. The van der Waals surface area contributed by atoms with Gasteiger partial charge in [0, 0.05) is 0 Å². The Morgan fingerprint density at radius 3 is 1.88 bits per heavy atom. The van der Waals surface area contributed by atoms with Crippen LogP contribution in [0.1, 0.15) is 0 Å². The van der Waals surface area contributed by atoms with Gasteiger partial charge in [0.15, 0.2) is 0 Å². The van der Waals surface area contributed by atoms with E-state index in [2.05, 4.69) is 6.17 Å². The van der Waals surface area contributed by atoms with Gasteiger partial charge >= 0.3 is 6.18 Å². The number of hydrogen-bond acceptors (Lipinski definition) is 1. The average Bonchev–Trinajstić information content (AvgIpc) is 1.21. The van der Waals surface area contributed by atoms with E-state index >= 15 is 0 Å². The summed E-state index contributed by atoms with van der Waals surface area (Å²) in [5.74, 6) is 0. The van der Waals surface area contributed by atoms with Crippen LogP contribution in [0.3, 0.4) is 0 Å². The maximum atomic E-state index is 11.1. The van der Waals surface area contributed by atoms with Crippen LogP contribution in [0.2, 0.25) is 6.04 Å². The zero-order valence-electron chi connectivity index (χ0n) is 4.00. The largest absolute Gasteiger partial charge is 0.566 e. The van der Waals surface area contributed by atoms with Crippen LogP contribution >= 0.6 is 0 Å². The highest BCUT2D eigenvalue weighted by Crippen LogP contribution is 2.19. The van der Waals surface area contributed by atoms with Gasteiger partial charge in [0.1, 0.15) is 0 Å². The van der Waals surface area contributed by atoms with E-state index in [0.29, 0.717) is 0 Å². The molecule has 0 fully saturated rings. The molecule has 0 heterocycles. The maximum Gasteiger partial charge on any atom is 0.392 e. The molecule has 0 unspecified atom stereocenters. The van der Waals surface area contributed by atoms with E-state index in [1.54, 1.807) is 0 Å². The molecule has 0 amide bonds. The Balaban J connectivity index is 3.55. The third-order valence-electron chi connectivity index (χ3n) is 0.405. The molecule has 0 spiro atoms. The SMILES string of the molecule is C=[Si](O)CC(F)(F)F. The average molecular weight is 142 g/mol. The fraction of sp³-hybridized carbons (Fsp3) is 0.667. The molecule has 0 aromatic heterocycles. The third-order valence-corrected chi connectivity index (χ3v) is 1.21. The van der Waals surface area contributed by atoms with Gasteiger partial charge in [-0.1, -0.05) is 6.17 Å². The van der Waals surface area contributed by atoms with Gasteiger partial charge in [0.25, 0.3) is 0 Å². The summed E-state index contributed by atoms with van der Waals surface area (Å²) >= 11 is 0. The van der Waals surface area contributed by atoms with Crippen molar-refractivity contribution in [2.24, 2.45) is 0 Å². The van der Waals surface area contributed by atoms with Gasteiger partial charge in [-0.15, -0.1) is 0 Å². The Hall–Kier alpha value is -0.323. The summed E-state index contributed by atoms with van der Waals surface area (Å²) in [7, 11) is -2.37. The zero-order chi connectivity index (χ0) is 6.78. The highest BCUT2D eigenvalue weighted by molar-refractivity contribution is 6.54. The van der Waals surface area contributed by atoms with Crippen LogP contribution in [0.25, 0.3) is 0 Å². The molecule has 0 radical (unpaired) electrons. The van der Waals surface area contributed by atoms with Crippen molar-refractivity contribution < 1.29 is 18.0 Å². The Kier molecular flexibility index (Phi) is 2.21. The zero-order valence-corrected chi connectivity index (χ0v) is 5.00. The molecule has 0 aliphatic rings. The second-order valence-electron chi connectivity index (χ2n) is 1.36. The lowest BCUT2D eigenvalue weighted by Crippen LogP contribution is -2.14. The van der Waals surface area contributed by atoms with E-state index in [1.807, 2.05) is 0 Å². The number of rotatable bonds is 1. The molecule has 48 valence electrons. The fourth-order valence-corrected chi connectivity index (χ4v) is 0.694. The van der Waals surface area contributed by atoms with Gasteiger partial charge in [0.05, 0.1) is 6.04 Å². The van der Waals surface area contributed by atoms with E-state index in [1.165, 1.54) is 0 Å². The molecule has 0 saturated carbocycles. The Morgan fingerprint density at radius 2 is 1.88 bits per heavy atom. The Bertz CT molecular complexity index is 97.2. The van der Waals surface area contributed by atoms with Crippen LogP contribution in [0.5, 0.6) is 0 Å². The normalized spacial score (nSPS) is 11.4. The third kappa shape index (κ3) is 5.68. The Morgan fingerprint density at radius 1 is 1.50 bits per heavy atom. The quantitative estimate of drug-likeness (QED) is 0.530. The molecular formula is C3H5F3OSi. The first kappa shape index (κ1) is 7.68. The van der Waals surface area contributed by atoms with Crippen LogP contribution in [-0.4, -0.2) is 25.8 Å². The van der Waals surface area contributed by atoms with Crippen molar-refractivity contribution in [3.05, 3.63) is 0 Å². The topological polar surface area (TPSA) is 20.2 Å². The number of halogens is 3. The number of alkyl halides is 3. The van der Waals surface area contributed by atoms with Crippen molar-refractivity contribution in [2.45, 2.75) is 12.2 Å². The smallest absolute Gasteiger partial charge is 0.392 e. The van der Waals surface area contributed by atoms with Crippen LogP contribution < -0.4 is 0 Å². The standard InChI is InChI=1S/C3H5F3OSi/c1-8(7)2-3(4,5)6/h7H,1-2H2. The van der Waals surface area contributed by atoms with Crippen molar-refractivity contribution >= 4 is 14.8 Å². The summed E-state index contributed by atoms with van der Waals surface area (Å²) in [4.78, 5) is 8.16. The minimum Gasteiger partial charge on any atom is -0.566 e. The minimum atomic E-state index is -4.25. The summed E-state index contributed by atoms with van der Waals surface area (Å²) in [5.41, 5.74) is 0. The summed E-state index contributed by atoms with van der Waals surface area (Å²) in [6.45, 7) is 0. The van der Waals surface area contributed by atoms with Gasteiger partial charge in [0.2, 0.25) is 8.65 Å². The molecule has 0 aromatic carbocycles. The summed E-state index contributed by atoms with van der Waals surface area (Å²) in [5, 5.41) is 0.